The van der Waals surface area contributed by atoms with Crippen molar-refractivity contribution in [2.45, 2.75) is 20.3 Å². The van der Waals surface area contributed by atoms with Crippen LogP contribution >= 0.6 is 11.6 Å². The molecule has 0 saturated heterocycles. The summed E-state index contributed by atoms with van der Waals surface area (Å²) in [6.45, 7) is 3.51. The third-order valence-electron chi connectivity index (χ3n) is 7.13. The van der Waals surface area contributed by atoms with Crippen molar-refractivity contribution in [2.75, 3.05) is 41.7 Å². The second kappa shape index (κ2) is 27.1. The van der Waals surface area contributed by atoms with Crippen molar-refractivity contribution in [1.82, 2.24) is 19.9 Å². The van der Waals surface area contributed by atoms with Gasteiger partial charge in [0.15, 0.2) is 5.78 Å². The van der Waals surface area contributed by atoms with Crippen LogP contribution < -0.4 is 18.9 Å². The summed E-state index contributed by atoms with van der Waals surface area (Å²) >= 11 is 5.18. The number of aliphatic hydroxyl groups excluding tert-OH is 1. The van der Waals surface area contributed by atoms with Crippen molar-refractivity contribution in [3.05, 3.63) is 118 Å². The Morgan fingerprint density at radius 1 is 0.576 bits per heavy atom. The van der Waals surface area contributed by atoms with E-state index in [0.717, 1.165) is 55.1 Å². The van der Waals surface area contributed by atoms with Gasteiger partial charge in [-0.05, 0) is 25.4 Å². The average molecular weight is 951 g/mol. The number of nitro groups is 4. The number of carboxylic acids is 1. The lowest BCUT2D eigenvalue weighted by atomic mass is 10.1. The first-order chi connectivity index (χ1) is 31.1. The standard InChI is InChI=1S/2C11H12N2O6.C7H5ClN2O4.C7H6N2O5/c2*1-3-19-10(15)5-9(14)8-4-7(13(16)17)6-12-11(8)18-2;1-14-7-5(6(8)11)2-4(3-9-7)10(12)13;1-14-6-5(7(10)11)2-4(3-8-6)9(12)13/h4,6H,3,5H2,1-2H3;4-6,14H,3H2,1-2H3;2-3H,1H3;2-3H,1H3,(H,10,11)/b;9-5-;;. The molecular weight excluding hydrogens is 916 g/mol. The summed E-state index contributed by atoms with van der Waals surface area (Å²) in [5, 5.41) is 59.5. The van der Waals surface area contributed by atoms with Gasteiger partial charge in [0.05, 0.1) is 78.5 Å². The molecule has 0 unspecified atom stereocenters. The lowest BCUT2D eigenvalue weighted by molar-refractivity contribution is -0.385. The van der Waals surface area contributed by atoms with Crippen molar-refractivity contribution >= 4 is 69.0 Å². The Balaban J connectivity index is 0.000000445. The lowest BCUT2D eigenvalue weighted by Crippen LogP contribution is -2.13. The first-order valence-electron chi connectivity index (χ1n) is 17.5. The zero-order valence-electron chi connectivity index (χ0n) is 34.9. The number of ether oxygens (including phenoxy) is 6. The van der Waals surface area contributed by atoms with Crippen LogP contribution in [0, 0.1) is 40.5 Å². The van der Waals surface area contributed by atoms with Crippen molar-refractivity contribution in [1.29, 1.82) is 0 Å². The Bertz CT molecular complexity index is 2430. The number of aromatic carboxylic acids is 1. The van der Waals surface area contributed by atoms with Gasteiger partial charge in [-0.3, -0.25) is 54.8 Å². The number of hydrogen-bond acceptors (Lipinski definition) is 24. The number of nitrogens with zero attached hydrogens (tertiary/aromatic N) is 8. The fraction of sp³-hybridized carbons (Fsp3) is 0.250. The molecule has 0 aliphatic carbocycles. The van der Waals surface area contributed by atoms with Crippen LogP contribution in [0.2, 0.25) is 0 Å². The zero-order valence-corrected chi connectivity index (χ0v) is 35.7. The van der Waals surface area contributed by atoms with Crippen molar-refractivity contribution in [2.24, 2.45) is 0 Å². The Hall–Kier alpha value is -9.02. The first-order valence-corrected chi connectivity index (χ1v) is 17.9. The Kier molecular flexibility index (Phi) is 22.6. The maximum Gasteiger partial charge on any atom is 0.341 e. The molecule has 2 N–H and O–H groups in total. The molecule has 29 nitrogen and oxygen atoms in total. The number of hydrogen-bond donors (Lipinski definition) is 2. The summed E-state index contributed by atoms with van der Waals surface area (Å²) in [4.78, 5) is 109. The smallest absolute Gasteiger partial charge is 0.341 e. The molecular formula is C36H35ClN8O21. The van der Waals surface area contributed by atoms with E-state index in [-0.39, 0.29) is 81.7 Å². The molecule has 352 valence electrons. The number of aliphatic hydroxyl groups is 1. The molecule has 4 rings (SSSR count). The summed E-state index contributed by atoms with van der Waals surface area (Å²) in [5.41, 5.74) is -2.02. The molecule has 0 atom stereocenters. The lowest BCUT2D eigenvalue weighted by Gasteiger charge is -2.06. The fourth-order valence-electron chi connectivity index (χ4n) is 4.30. The first kappa shape index (κ1) is 55.0. The van der Waals surface area contributed by atoms with Gasteiger partial charge in [-0.15, -0.1) is 0 Å². The van der Waals surface area contributed by atoms with Crippen LogP contribution in [0.1, 0.15) is 56.9 Å². The number of aromatic nitrogens is 4. The van der Waals surface area contributed by atoms with Crippen LogP contribution in [0.25, 0.3) is 5.76 Å². The van der Waals surface area contributed by atoms with E-state index >= 15 is 0 Å². The summed E-state index contributed by atoms with van der Waals surface area (Å²) in [6, 6.07) is 3.99. The highest BCUT2D eigenvalue weighted by Crippen LogP contribution is 2.27. The van der Waals surface area contributed by atoms with Crippen LogP contribution in [0.3, 0.4) is 0 Å². The number of carbonyl (C=O) groups is 5. The SMILES string of the molecule is CCOC(=O)/C=C(\O)c1cc([N+](=O)[O-])cnc1OC.CCOC(=O)CC(=O)c1cc([N+](=O)[O-])cnc1OC.COc1ncc([N+](=O)[O-])cc1C(=O)Cl.COc1ncc([N+](=O)[O-])cc1C(=O)O. The Morgan fingerprint density at radius 3 is 1.26 bits per heavy atom. The third-order valence-corrected chi connectivity index (χ3v) is 7.34. The average Bonchev–Trinajstić information content (AvgIpc) is 3.28. The maximum absolute atomic E-state index is 11.8. The summed E-state index contributed by atoms with van der Waals surface area (Å²) in [7, 11) is 5.09. The second-order valence-corrected chi connectivity index (χ2v) is 11.6. The number of rotatable bonds is 17. The number of esters is 2. The highest BCUT2D eigenvalue weighted by molar-refractivity contribution is 6.68. The molecule has 0 fully saturated rings. The maximum atomic E-state index is 11.8. The Labute approximate surface area is 374 Å². The van der Waals surface area contributed by atoms with Gasteiger partial charge in [0.25, 0.3) is 28.0 Å². The minimum atomic E-state index is -1.32. The predicted molar refractivity (Wildman–Crippen MR) is 220 cm³/mol. The van der Waals surface area contributed by atoms with E-state index in [4.69, 9.17) is 30.9 Å². The van der Waals surface area contributed by atoms with Gasteiger partial charge in [0.2, 0.25) is 23.5 Å². The number of Topliss-reactive ketones (excluding diaryl/α,β-unsaturated/α-hetero) is 1. The van der Waals surface area contributed by atoms with E-state index in [1.807, 2.05) is 0 Å². The largest absolute Gasteiger partial charge is 0.507 e. The third kappa shape index (κ3) is 17.0. The van der Waals surface area contributed by atoms with Crippen LogP contribution in [0.5, 0.6) is 23.5 Å². The number of pyridine rings is 4. The van der Waals surface area contributed by atoms with Gasteiger partial charge >= 0.3 is 17.9 Å². The molecule has 0 aliphatic rings. The number of methoxy groups -OCH3 is 4. The topological polar surface area (TPSA) is 405 Å². The zero-order chi connectivity index (χ0) is 50.3. The van der Waals surface area contributed by atoms with Crippen molar-refractivity contribution in [3.8, 4) is 23.5 Å². The highest BCUT2D eigenvalue weighted by Gasteiger charge is 2.22. The van der Waals surface area contributed by atoms with Crippen LogP contribution in [-0.2, 0) is 19.1 Å². The number of ketones is 1. The molecule has 0 aliphatic heterocycles. The molecule has 4 aromatic rings. The van der Waals surface area contributed by atoms with E-state index < -0.39 is 60.8 Å². The van der Waals surface area contributed by atoms with E-state index in [0.29, 0.717) is 0 Å². The molecule has 66 heavy (non-hydrogen) atoms. The molecule has 4 aromatic heterocycles. The molecule has 0 saturated carbocycles. The predicted octanol–water partition coefficient (Wildman–Crippen LogP) is 4.67. The summed E-state index contributed by atoms with van der Waals surface area (Å²) in [5.74, 6) is -4.26. The van der Waals surface area contributed by atoms with Gasteiger partial charge in [0, 0.05) is 24.3 Å². The number of carbonyl (C=O) groups excluding carboxylic acids is 4. The van der Waals surface area contributed by atoms with Crippen LogP contribution in [-0.4, -0.2) is 120 Å². The van der Waals surface area contributed by atoms with Gasteiger partial charge in [0.1, 0.15) is 48.1 Å². The van der Waals surface area contributed by atoms with Gasteiger partial charge in [-0.2, -0.15) is 0 Å². The van der Waals surface area contributed by atoms with Crippen LogP contribution in [0.15, 0.2) is 55.1 Å². The van der Waals surface area contributed by atoms with E-state index in [2.05, 4.69) is 34.1 Å². The molecule has 30 heteroatoms. The normalized spacial score (nSPS) is 10.0. The highest BCUT2D eigenvalue weighted by atomic mass is 35.5. The monoisotopic (exact) mass is 950 g/mol. The minimum absolute atomic E-state index is 0.0319. The van der Waals surface area contributed by atoms with E-state index in [1.165, 1.54) is 28.4 Å². The van der Waals surface area contributed by atoms with Gasteiger partial charge < -0.3 is 38.6 Å². The van der Waals surface area contributed by atoms with Crippen LogP contribution in [0.4, 0.5) is 22.7 Å². The van der Waals surface area contributed by atoms with Crippen molar-refractivity contribution in [3.63, 3.8) is 0 Å². The van der Waals surface area contributed by atoms with Gasteiger partial charge in [-0.25, -0.2) is 29.5 Å². The molecule has 4 heterocycles. The summed E-state index contributed by atoms with van der Waals surface area (Å²) in [6.07, 6.45) is 4.16. The van der Waals surface area contributed by atoms with Gasteiger partial charge in [-0.1, -0.05) is 0 Å². The molecule has 0 amide bonds. The second-order valence-electron chi connectivity index (χ2n) is 11.3. The summed E-state index contributed by atoms with van der Waals surface area (Å²) < 4.78 is 28.3. The van der Waals surface area contributed by atoms with E-state index in [1.54, 1.807) is 13.8 Å². The van der Waals surface area contributed by atoms with Crippen molar-refractivity contribution < 1.29 is 82.3 Å². The molecule has 0 radical (unpaired) electrons. The molecule has 0 bridgehead atoms. The fourth-order valence-corrected chi connectivity index (χ4v) is 4.44. The van der Waals surface area contributed by atoms with E-state index in [9.17, 15) is 69.5 Å². The number of carboxylic acid groups (broad SMARTS) is 1. The minimum Gasteiger partial charge on any atom is -0.507 e. The molecule has 0 aromatic carbocycles. The number of halogens is 1. The molecule has 0 spiro atoms. The quantitative estimate of drug-likeness (QED) is 0.0212. The Morgan fingerprint density at radius 2 is 0.909 bits per heavy atom.